The van der Waals surface area contributed by atoms with Gasteiger partial charge < -0.3 is 0 Å². The molecule has 0 nitrogen and oxygen atoms in total. The van der Waals surface area contributed by atoms with E-state index in [0.29, 0.717) is 0 Å². The molecule has 0 heterocycles. The van der Waals surface area contributed by atoms with Crippen LogP contribution in [0, 0.1) is 17.8 Å². The summed E-state index contributed by atoms with van der Waals surface area (Å²) in [4.78, 5) is 0. The van der Waals surface area contributed by atoms with Crippen molar-refractivity contribution < 1.29 is 0 Å². The first kappa shape index (κ1) is 29.1. The Morgan fingerprint density at radius 3 is 1.29 bits per heavy atom. The van der Waals surface area contributed by atoms with Gasteiger partial charge in [0.15, 0.2) is 0 Å². The number of hydrogen-bond donors (Lipinski definition) is 0. The minimum Gasteiger partial charge on any atom is -0.0776 e. The van der Waals surface area contributed by atoms with Crippen LogP contribution in [0.4, 0.5) is 0 Å². The minimum atomic E-state index is 0. The normalized spacial score (nSPS) is 17.1. The monoisotopic (exact) mass is 302 g/mol. The van der Waals surface area contributed by atoms with Gasteiger partial charge in [0.05, 0.1) is 0 Å². The molecule has 0 aliphatic heterocycles. The van der Waals surface area contributed by atoms with Gasteiger partial charge in [0, 0.05) is 0 Å². The maximum atomic E-state index is 2.36. The van der Waals surface area contributed by atoms with Crippen molar-refractivity contribution in [3.05, 3.63) is 0 Å². The van der Waals surface area contributed by atoms with Crippen LogP contribution >= 0.6 is 0 Å². The van der Waals surface area contributed by atoms with E-state index in [1.807, 2.05) is 27.7 Å². The van der Waals surface area contributed by atoms with Gasteiger partial charge >= 0.3 is 0 Å². The van der Waals surface area contributed by atoms with Crippen LogP contribution in [-0.2, 0) is 0 Å². The van der Waals surface area contributed by atoms with Crippen LogP contribution < -0.4 is 0 Å². The molecule has 134 valence electrons. The van der Waals surface area contributed by atoms with Crippen molar-refractivity contribution >= 4 is 0 Å². The third-order valence-electron chi connectivity index (χ3n) is 4.39. The molecule has 0 bridgehead atoms. The van der Waals surface area contributed by atoms with Crippen LogP contribution in [0.3, 0.4) is 0 Å². The summed E-state index contributed by atoms with van der Waals surface area (Å²) in [6, 6.07) is 0. The molecule has 0 amide bonds. The quantitative estimate of drug-likeness (QED) is 0.478. The Balaban J connectivity index is -0.000000107. The molecule has 21 heavy (non-hydrogen) atoms. The zero-order valence-corrected chi connectivity index (χ0v) is 15.1. The van der Waals surface area contributed by atoms with Gasteiger partial charge in [0.25, 0.3) is 0 Å². The van der Waals surface area contributed by atoms with Gasteiger partial charge in [-0.2, -0.15) is 0 Å². The van der Waals surface area contributed by atoms with Gasteiger partial charge in [-0.3, -0.25) is 0 Å². The van der Waals surface area contributed by atoms with Crippen LogP contribution in [0.15, 0.2) is 0 Å². The lowest BCUT2D eigenvalue weighted by atomic mass is 9.82. The molecule has 0 aromatic carbocycles. The Hall–Kier alpha value is 0. The first-order valence-corrected chi connectivity index (χ1v) is 9.24. The van der Waals surface area contributed by atoms with E-state index in [-0.39, 0.29) is 14.9 Å². The SMILES string of the molecule is C.C.CC.CC.CC(C)C1CCCCC1.CCC1CCC1. The lowest BCUT2D eigenvalue weighted by Gasteiger charge is -2.24. The largest absolute Gasteiger partial charge is 0.0776 e. The molecule has 0 saturated heterocycles. The van der Waals surface area contributed by atoms with Crippen molar-refractivity contribution in [2.45, 2.75) is 121 Å². The van der Waals surface area contributed by atoms with Crippen LogP contribution in [0.25, 0.3) is 0 Å². The molecule has 2 aliphatic rings. The highest BCUT2D eigenvalue weighted by Gasteiger charge is 2.15. The lowest BCUT2D eigenvalue weighted by molar-refractivity contribution is 0.279. The van der Waals surface area contributed by atoms with Gasteiger partial charge in [-0.05, 0) is 17.8 Å². The summed E-state index contributed by atoms with van der Waals surface area (Å²) in [6.07, 6.45) is 13.4. The molecule has 0 atom stereocenters. The highest BCUT2D eigenvalue weighted by molar-refractivity contribution is 4.68. The van der Waals surface area contributed by atoms with E-state index >= 15 is 0 Å². The smallest absolute Gasteiger partial charge is 0.0391 e. The summed E-state index contributed by atoms with van der Waals surface area (Å²) >= 11 is 0. The zero-order chi connectivity index (χ0) is 15.1. The van der Waals surface area contributed by atoms with Crippen LogP contribution in [0.2, 0.25) is 0 Å². The zero-order valence-electron chi connectivity index (χ0n) is 15.1. The Morgan fingerprint density at radius 2 is 1.14 bits per heavy atom. The standard InChI is InChI=1S/C9H18.C6H12.2C2H6.2CH4/c1-8(2)9-6-4-3-5-7-9;1-2-6-4-3-5-6;2*1-2;;/h8-9H,3-7H2,1-2H3;6H,2-5H2,1H3;2*1-2H3;2*1H4. The molecule has 0 spiro atoms. The summed E-state index contributed by atoms with van der Waals surface area (Å²) in [6.45, 7) is 15.0. The predicted octanol–water partition coefficient (Wildman–Crippen LogP) is 8.74. The Labute approximate surface area is 139 Å². The first-order valence-electron chi connectivity index (χ1n) is 9.24. The van der Waals surface area contributed by atoms with E-state index in [1.54, 1.807) is 0 Å². The molecule has 0 radical (unpaired) electrons. The average molecular weight is 303 g/mol. The molecule has 2 saturated carbocycles. The maximum absolute atomic E-state index is 2.36. The molecule has 2 rings (SSSR count). The van der Waals surface area contributed by atoms with Crippen molar-refractivity contribution in [1.29, 1.82) is 0 Å². The Kier molecular flexibility index (Phi) is 30.8. The Morgan fingerprint density at radius 1 is 0.714 bits per heavy atom. The van der Waals surface area contributed by atoms with Crippen LogP contribution in [0.5, 0.6) is 0 Å². The second kappa shape index (κ2) is 22.3. The van der Waals surface area contributed by atoms with E-state index in [9.17, 15) is 0 Å². The van der Waals surface area contributed by atoms with Gasteiger partial charge in [0.1, 0.15) is 0 Å². The van der Waals surface area contributed by atoms with Gasteiger partial charge in [-0.1, -0.05) is 121 Å². The highest BCUT2D eigenvalue weighted by atomic mass is 14.2. The minimum absolute atomic E-state index is 0. The third-order valence-corrected chi connectivity index (χ3v) is 4.39. The van der Waals surface area contributed by atoms with Crippen molar-refractivity contribution in [1.82, 2.24) is 0 Å². The summed E-state index contributed by atoms with van der Waals surface area (Å²) < 4.78 is 0. The van der Waals surface area contributed by atoms with Gasteiger partial charge in [0.2, 0.25) is 0 Å². The number of hydrogen-bond acceptors (Lipinski definition) is 0. The molecule has 2 aliphatic carbocycles. The van der Waals surface area contributed by atoms with Crippen molar-refractivity contribution in [3.8, 4) is 0 Å². The maximum Gasteiger partial charge on any atom is -0.0391 e. The predicted molar refractivity (Wildman–Crippen MR) is 105 cm³/mol. The fourth-order valence-electron chi connectivity index (χ4n) is 2.70. The van der Waals surface area contributed by atoms with Crippen molar-refractivity contribution in [3.63, 3.8) is 0 Å². The third kappa shape index (κ3) is 16.2. The molecule has 2 fully saturated rings. The summed E-state index contributed by atoms with van der Waals surface area (Å²) in [5.74, 6) is 3.11. The summed E-state index contributed by atoms with van der Waals surface area (Å²) in [5.41, 5.74) is 0. The van der Waals surface area contributed by atoms with Gasteiger partial charge in [-0.15, -0.1) is 0 Å². The van der Waals surface area contributed by atoms with Crippen LogP contribution in [0.1, 0.15) is 121 Å². The second-order valence-corrected chi connectivity index (χ2v) is 5.85. The van der Waals surface area contributed by atoms with E-state index in [4.69, 9.17) is 0 Å². The average Bonchev–Trinajstić information content (AvgIpc) is 2.44. The highest BCUT2D eigenvalue weighted by Crippen LogP contribution is 2.29. The van der Waals surface area contributed by atoms with Crippen molar-refractivity contribution in [2.24, 2.45) is 17.8 Å². The molecule has 0 N–H and O–H groups in total. The molecular formula is C21H50. The van der Waals surface area contributed by atoms with Crippen molar-refractivity contribution in [2.75, 3.05) is 0 Å². The second-order valence-electron chi connectivity index (χ2n) is 5.85. The molecule has 0 aromatic rings. The fourth-order valence-corrected chi connectivity index (χ4v) is 2.70. The molecule has 0 aromatic heterocycles. The fraction of sp³-hybridized carbons (Fsp3) is 1.00. The molecule has 0 heteroatoms. The topological polar surface area (TPSA) is 0 Å². The van der Waals surface area contributed by atoms with E-state index in [0.717, 1.165) is 17.8 Å². The lowest BCUT2D eigenvalue weighted by Crippen LogP contribution is -2.12. The van der Waals surface area contributed by atoms with Gasteiger partial charge in [-0.25, -0.2) is 0 Å². The number of rotatable bonds is 2. The summed E-state index contributed by atoms with van der Waals surface area (Å²) in [7, 11) is 0. The van der Waals surface area contributed by atoms with E-state index in [1.165, 1.54) is 57.8 Å². The van der Waals surface area contributed by atoms with Crippen LogP contribution in [-0.4, -0.2) is 0 Å². The molecular weight excluding hydrogens is 252 g/mol. The summed E-state index contributed by atoms with van der Waals surface area (Å²) in [5, 5.41) is 0. The van der Waals surface area contributed by atoms with E-state index in [2.05, 4.69) is 20.8 Å². The Bertz CT molecular complexity index is 135. The van der Waals surface area contributed by atoms with E-state index < -0.39 is 0 Å². The molecule has 0 unspecified atom stereocenters. The first-order chi connectivity index (χ1) is 9.24.